The highest BCUT2D eigenvalue weighted by Crippen LogP contribution is 2.43. The highest BCUT2D eigenvalue weighted by atomic mass is 32.2. The number of rotatable bonds is 7. The molecule has 1 heterocycles. The van der Waals surface area contributed by atoms with E-state index >= 15 is 0 Å². The van der Waals surface area contributed by atoms with Crippen LogP contribution in [0.1, 0.15) is 43.2 Å². The summed E-state index contributed by atoms with van der Waals surface area (Å²) in [4.78, 5) is 25.6. The molecule has 6 nitrogen and oxygen atoms in total. The van der Waals surface area contributed by atoms with Crippen molar-refractivity contribution < 1.29 is 35.8 Å². The number of primary amides is 1. The first-order valence-corrected chi connectivity index (χ1v) is 12.5. The third-order valence-electron chi connectivity index (χ3n) is 5.53. The molecule has 0 aliphatic carbocycles. The maximum atomic E-state index is 14.4. The summed E-state index contributed by atoms with van der Waals surface area (Å²) in [5, 5.41) is 2.41. The van der Waals surface area contributed by atoms with Gasteiger partial charge in [0.05, 0.1) is 27.7 Å². The van der Waals surface area contributed by atoms with Gasteiger partial charge < -0.3 is 11.1 Å². The van der Waals surface area contributed by atoms with E-state index in [1.54, 1.807) is 13.0 Å². The van der Waals surface area contributed by atoms with Crippen LogP contribution in [-0.4, -0.2) is 27.3 Å². The smallest absolute Gasteiger partial charge is 0.372 e. The van der Waals surface area contributed by atoms with Gasteiger partial charge >= 0.3 is 6.18 Å². The Morgan fingerprint density at radius 3 is 2.16 bits per heavy atom. The van der Waals surface area contributed by atoms with E-state index in [0.717, 1.165) is 30.3 Å². The molecular formula is C26H26F5N3O3S. The highest BCUT2D eigenvalue weighted by Gasteiger charge is 2.40. The van der Waals surface area contributed by atoms with E-state index in [2.05, 4.69) is 16.0 Å². The molecule has 3 rings (SSSR count). The fourth-order valence-electron chi connectivity index (χ4n) is 3.82. The van der Waals surface area contributed by atoms with Crippen LogP contribution in [-0.2, 0) is 38.4 Å². The zero-order valence-electron chi connectivity index (χ0n) is 20.7. The quantitative estimate of drug-likeness (QED) is 0.312. The summed E-state index contributed by atoms with van der Waals surface area (Å²) >= 11 is 0. The van der Waals surface area contributed by atoms with Crippen molar-refractivity contribution in [3.05, 3.63) is 88.7 Å². The monoisotopic (exact) mass is 555 g/mol. The molecule has 0 saturated heterocycles. The molecule has 2 aromatic carbocycles. The lowest BCUT2D eigenvalue weighted by molar-refractivity contribution is -0.138. The minimum atomic E-state index is -4.85. The van der Waals surface area contributed by atoms with Crippen molar-refractivity contribution in [1.82, 2.24) is 4.98 Å². The summed E-state index contributed by atoms with van der Waals surface area (Å²) in [6.07, 6.45) is -3.42. The lowest BCUT2D eigenvalue weighted by Crippen LogP contribution is -2.27. The van der Waals surface area contributed by atoms with Crippen LogP contribution in [0, 0.1) is 11.6 Å². The maximum absolute atomic E-state index is 14.4. The van der Waals surface area contributed by atoms with Crippen LogP contribution in [0.5, 0.6) is 0 Å². The first kappa shape index (κ1) is 30.6. The molecule has 0 fully saturated rings. The maximum Gasteiger partial charge on any atom is 0.416 e. The van der Waals surface area contributed by atoms with Crippen LogP contribution < -0.4 is 11.1 Å². The second-order valence-corrected chi connectivity index (χ2v) is 10.2. The molecule has 0 aliphatic rings. The topological polar surface area (TPSA) is 102 Å². The largest absolute Gasteiger partial charge is 0.416 e. The Kier molecular flexibility index (Phi) is 10.2. The number of pyridine rings is 1. The van der Waals surface area contributed by atoms with Crippen LogP contribution in [0.2, 0.25) is 0 Å². The van der Waals surface area contributed by atoms with Crippen molar-refractivity contribution in [1.29, 1.82) is 0 Å². The molecular weight excluding hydrogens is 529 g/mol. The summed E-state index contributed by atoms with van der Waals surface area (Å²) in [7, 11) is -1.20. The van der Waals surface area contributed by atoms with Crippen LogP contribution in [0.15, 0.2) is 59.6 Å². The van der Waals surface area contributed by atoms with Gasteiger partial charge in [0.15, 0.2) is 0 Å². The molecule has 12 heteroatoms. The van der Waals surface area contributed by atoms with Gasteiger partial charge in [-0.3, -0.25) is 18.8 Å². The first-order valence-electron chi connectivity index (χ1n) is 11.2. The molecule has 1 atom stereocenters. The van der Waals surface area contributed by atoms with Crippen molar-refractivity contribution in [2.24, 2.45) is 5.73 Å². The third kappa shape index (κ3) is 7.44. The Morgan fingerprint density at radius 1 is 1.05 bits per heavy atom. The van der Waals surface area contributed by atoms with E-state index in [-0.39, 0.29) is 24.1 Å². The van der Waals surface area contributed by atoms with Crippen molar-refractivity contribution in [2.45, 2.75) is 43.7 Å². The Labute approximate surface area is 218 Å². The normalized spacial score (nSPS) is 12.2. The number of amides is 2. The molecule has 1 unspecified atom stereocenters. The van der Waals surface area contributed by atoms with E-state index in [1.807, 2.05) is 0 Å². The van der Waals surface area contributed by atoms with E-state index in [1.165, 1.54) is 32.2 Å². The Morgan fingerprint density at radius 2 is 1.66 bits per heavy atom. The number of nitrogens with one attached hydrogen (secondary N) is 1. The number of benzene rings is 2. The highest BCUT2D eigenvalue weighted by molar-refractivity contribution is 7.85. The molecule has 38 heavy (non-hydrogen) atoms. The molecule has 2 amide bonds. The van der Waals surface area contributed by atoms with Gasteiger partial charge in [-0.05, 0) is 42.0 Å². The Balaban J connectivity index is 0.00000161. The van der Waals surface area contributed by atoms with E-state index in [4.69, 9.17) is 4.79 Å². The number of carbonyl (C=O) groups excluding carboxylic acids is 2. The van der Waals surface area contributed by atoms with Gasteiger partial charge in [-0.2, -0.15) is 13.2 Å². The number of carbonyl (C=O) groups is 2. The lowest BCUT2D eigenvalue weighted by Gasteiger charge is -2.30. The van der Waals surface area contributed by atoms with Crippen LogP contribution >= 0.6 is 0 Å². The van der Waals surface area contributed by atoms with Gasteiger partial charge in [-0.1, -0.05) is 32.9 Å². The molecule has 0 aliphatic heterocycles. The zero-order valence-corrected chi connectivity index (χ0v) is 21.6. The molecule has 204 valence electrons. The summed E-state index contributed by atoms with van der Waals surface area (Å²) in [5.74, 6) is -2.11. The van der Waals surface area contributed by atoms with Gasteiger partial charge in [-0.15, -0.1) is 0 Å². The van der Waals surface area contributed by atoms with Gasteiger partial charge in [-0.25, -0.2) is 8.78 Å². The van der Waals surface area contributed by atoms with Crippen molar-refractivity contribution >= 4 is 28.8 Å². The second-order valence-electron chi connectivity index (χ2n) is 8.46. The fraction of sp³-hybridized carbons (Fsp3) is 0.269. The molecule has 0 spiro atoms. The van der Waals surface area contributed by atoms with Gasteiger partial charge in [0, 0.05) is 34.3 Å². The number of hydrogen-bond donors (Lipinski definition) is 2. The molecule has 1 aromatic heterocycles. The van der Waals surface area contributed by atoms with Crippen LogP contribution in [0.25, 0.3) is 0 Å². The average molecular weight is 556 g/mol. The van der Waals surface area contributed by atoms with Gasteiger partial charge in [0.25, 0.3) is 0 Å². The number of nitrogens with two attached hydrogens (primary N) is 1. The standard InChI is InChI=1S/C25H23F5N2O2S.CH3NO/c1-4-35(34)17-10-8-15(31-14-17)13-22(33)32-16-9-11-18(19(12-16)25(28,29)30)24(2,3)23-20(26)6-5-7-21(23)27;2-1-3/h5-12,14H,4,13H2,1-3H3,(H,32,33);1H,(H2,2,3). The number of aromatic nitrogens is 1. The molecule has 0 saturated carbocycles. The van der Waals surface area contributed by atoms with E-state index in [9.17, 15) is 31.0 Å². The minimum absolute atomic E-state index is 0.125. The molecule has 3 N–H and O–H groups in total. The van der Waals surface area contributed by atoms with Crippen molar-refractivity contribution in [2.75, 3.05) is 11.1 Å². The number of nitrogens with zero attached hydrogens (tertiary/aromatic N) is 1. The predicted molar refractivity (Wildman–Crippen MR) is 134 cm³/mol. The Hall–Kier alpha value is -3.67. The Bertz CT molecular complexity index is 1290. The van der Waals surface area contributed by atoms with Crippen molar-refractivity contribution in [3.8, 4) is 0 Å². The summed E-state index contributed by atoms with van der Waals surface area (Å²) < 4.78 is 82.5. The average Bonchev–Trinajstić information content (AvgIpc) is 2.83. The fourth-order valence-corrected chi connectivity index (χ4v) is 4.54. The number of alkyl halides is 3. The van der Waals surface area contributed by atoms with Gasteiger partial charge in [0.1, 0.15) is 11.6 Å². The van der Waals surface area contributed by atoms with Crippen LogP contribution in [0.4, 0.5) is 27.6 Å². The lowest BCUT2D eigenvalue weighted by atomic mass is 9.75. The second kappa shape index (κ2) is 12.7. The van der Waals surface area contributed by atoms with E-state index < -0.39 is 51.1 Å². The van der Waals surface area contributed by atoms with Crippen molar-refractivity contribution in [3.63, 3.8) is 0 Å². The summed E-state index contributed by atoms with van der Waals surface area (Å²) in [6, 6.07) is 9.33. The predicted octanol–water partition coefficient (Wildman–Crippen LogP) is 5.11. The minimum Gasteiger partial charge on any atom is -0.372 e. The number of anilines is 1. The molecule has 3 aromatic rings. The summed E-state index contributed by atoms with van der Waals surface area (Å²) in [5.41, 5.74) is 0.789. The van der Waals surface area contributed by atoms with Crippen LogP contribution in [0.3, 0.4) is 0 Å². The van der Waals surface area contributed by atoms with Gasteiger partial charge in [0.2, 0.25) is 12.3 Å². The zero-order chi connectivity index (χ0) is 28.7. The third-order valence-corrected chi connectivity index (χ3v) is 6.83. The number of hydrogen-bond acceptors (Lipinski definition) is 4. The molecule has 0 radical (unpaired) electrons. The molecule has 0 bridgehead atoms. The number of halogens is 5. The van der Waals surface area contributed by atoms with E-state index in [0.29, 0.717) is 16.3 Å². The summed E-state index contributed by atoms with van der Waals surface area (Å²) in [6.45, 7) is 4.36. The first-order chi connectivity index (χ1) is 17.8. The SMILES string of the molecule is CCS(=O)c1ccc(CC(=O)Nc2ccc(C(C)(C)c3c(F)cccc3F)c(C(F)(F)F)c2)nc1.NC=O.